The van der Waals surface area contributed by atoms with Crippen LogP contribution in [-0.4, -0.2) is 50.3 Å². The molecule has 0 spiro atoms. The Labute approximate surface area is 286 Å². The quantitative estimate of drug-likeness (QED) is 0.165. The Kier molecular flexibility index (Phi) is 13.8. The zero-order valence-electron chi connectivity index (χ0n) is 30.1. The molecule has 0 fully saturated rings. The third kappa shape index (κ3) is 11.8. The summed E-state index contributed by atoms with van der Waals surface area (Å²) in [6, 6.07) is 22.7. The SMILES string of the molecule is COCC(NC(=O)C(NC(=O)C(CCCc1ccc(-c2cccc(OC)c2)c(C)c1)CC(=O)OC(C)(C)C)C(C)(C)C)c1ccccc1. The predicted molar refractivity (Wildman–Crippen MR) is 191 cm³/mol. The monoisotopic (exact) mass is 658 g/mol. The van der Waals surface area contributed by atoms with Crippen LogP contribution in [0.4, 0.5) is 0 Å². The number of esters is 1. The maximum absolute atomic E-state index is 13.9. The van der Waals surface area contributed by atoms with Crippen LogP contribution in [0.15, 0.2) is 72.8 Å². The molecular weight excluding hydrogens is 604 g/mol. The second kappa shape index (κ2) is 17.3. The largest absolute Gasteiger partial charge is 0.497 e. The number of rotatable bonds is 15. The van der Waals surface area contributed by atoms with Gasteiger partial charge in [0.05, 0.1) is 26.2 Å². The van der Waals surface area contributed by atoms with Gasteiger partial charge < -0.3 is 24.8 Å². The molecule has 0 saturated heterocycles. The number of hydrogen-bond acceptors (Lipinski definition) is 6. The number of amides is 2. The van der Waals surface area contributed by atoms with Gasteiger partial charge in [-0.1, -0.05) is 81.4 Å². The van der Waals surface area contributed by atoms with E-state index in [-0.39, 0.29) is 30.9 Å². The third-order valence-corrected chi connectivity index (χ3v) is 8.16. The van der Waals surface area contributed by atoms with Crippen LogP contribution in [0.25, 0.3) is 11.1 Å². The molecule has 260 valence electrons. The normalized spacial score (nSPS) is 13.6. The molecule has 3 aromatic rings. The molecule has 8 heteroatoms. The van der Waals surface area contributed by atoms with Gasteiger partial charge in [0.25, 0.3) is 0 Å². The molecule has 2 N–H and O–H groups in total. The summed E-state index contributed by atoms with van der Waals surface area (Å²) in [5.41, 5.74) is 4.13. The molecule has 0 heterocycles. The molecule has 0 aliphatic heterocycles. The van der Waals surface area contributed by atoms with E-state index in [1.54, 1.807) is 35.0 Å². The fourth-order valence-corrected chi connectivity index (χ4v) is 5.72. The van der Waals surface area contributed by atoms with Crippen LogP contribution in [0.1, 0.15) is 83.5 Å². The molecule has 48 heavy (non-hydrogen) atoms. The van der Waals surface area contributed by atoms with E-state index >= 15 is 0 Å². The summed E-state index contributed by atoms with van der Waals surface area (Å²) in [6.45, 7) is 13.5. The van der Waals surface area contributed by atoms with Crippen molar-refractivity contribution >= 4 is 17.8 Å². The van der Waals surface area contributed by atoms with Crippen LogP contribution in [-0.2, 0) is 30.3 Å². The second-order valence-electron chi connectivity index (χ2n) is 14.5. The minimum absolute atomic E-state index is 0.0777. The lowest BCUT2D eigenvalue weighted by atomic mass is 9.85. The number of ether oxygens (including phenoxy) is 3. The van der Waals surface area contributed by atoms with Gasteiger partial charge in [-0.05, 0) is 92.3 Å². The first-order valence-corrected chi connectivity index (χ1v) is 16.7. The molecule has 3 aromatic carbocycles. The van der Waals surface area contributed by atoms with Crippen molar-refractivity contribution in [2.24, 2.45) is 11.3 Å². The van der Waals surface area contributed by atoms with Gasteiger partial charge in [-0.3, -0.25) is 14.4 Å². The van der Waals surface area contributed by atoms with Gasteiger partial charge in [-0.15, -0.1) is 0 Å². The van der Waals surface area contributed by atoms with Crippen molar-refractivity contribution in [2.45, 2.75) is 91.8 Å². The highest BCUT2D eigenvalue weighted by molar-refractivity contribution is 5.90. The van der Waals surface area contributed by atoms with Crippen LogP contribution in [0.5, 0.6) is 5.75 Å². The Morgan fingerprint density at radius 2 is 1.52 bits per heavy atom. The van der Waals surface area contributed by atoms with Crippen LogP contribution in [0.2, 0.25) is 0 Å². The summed E-state index contributed by atoms with van der Waals surface area (Å²) in [4.78, 5) is 40.6. The van der Waals surface area contributed by atoms with Gasteiger partial charge in [0, 0.05) is 13.0 Å². The van der Waals surface area contributed by atoms with Gasteiger partial charge in [-0.2, -0.15) is 0 Å². The van der Waals surface area contributed by atoms with Crippen molar-refractivity contribution in [3.8, 4) is 16.9 Å². The predicted octanol–water partition coefficient (Wildman–Crippen LogP) is 7.38. The van der Waals surface area contributed by atoms with E-state index in [1.165, 1.54) is 0 Å². The van der Waals surface area contributed by atoms with E-state index in [4.69, 9.17) is 14.2 Å². The average Bonchev–Trinajstić information content (AvgIpc) is 3.01. The topological polar surface area (TPSA) is 103 Å². The van der Waals surface area contributed by atoms with Crippen molar-refractivity contribution in [1.29, 1.82) is 0 Å². The Hall–Kier alpha value is -4.17. The summed E-state index contributed by atoms with van der Waals surface area (Å²) in [7, 11) is 3.25. The molecule has 0 aliphatic rings. The molecule has 0 aromatic heterocycles. The van der Waals surface area contributed by atoms with Gasteiger partial charge in [0.15, 0.2) is 0 Å². The first kappa shape index (κ1) is 38.3. The smallest absolute Gasteiger partial charge is 0.307 e. The number of nitrogens with one attached hydrogen (secondary N) is 2. The molecule has 3 atom stereocenters. The minimum atomic E-state index is -0.846. The Morgan fingerprint density at radius 3 is 2.12 bits per heavy atom. The van der Waals surface area contributed by atoms with Crippen molar-refractivity contribution < 1.29 is 28.6 Å². The molecule has 0 aliphatic carbocycles. The maximum atomic E-state index is 13.9. The Morgan fingerprint density at radius 1 is 0.812 bits per heavy atom. The van der Waals surface area contributed by atoms with Crippen molar-refractivity contribution in [2.75, 3.05) is 20.8 Å². The van der Waals surface area contributed by atoms with Crippen LogP contribution in [0.3, 0.4) is 0 Å². The van der Waals surface area contributed by atoms with E-state index in [9.17, 15) is 14.4 Å². The number of carbonyl (C=O) groups is 3. The van der Waals surface area contributed by atoms with Crippen molar-refractivity contribution in [3.63, 3.8) is 0 Å². The van der Waals surface area contributed by atoms with E-state index in [0.717, 1.165) is 40.0 Å². The summed E-state index contributed by atoms with van der Waals surface area (Å²) >= 11 is 0. The zero-order valence-corrected chi connectivity index (χ0v) is 30.1. The van der Waals surface area contributed by atoms with Gasteiger partial charge >= 0.3 is 5.97 Å². The molecule has 0 saturated carbocycles. The lowest BCUT2D eigenvalue weighted by Crippen LogP contribution is -2.55. The van der Waals surface area contributed by atoms with E-state index in [1.807, 2.05) is 69.3 Å². The molecule has 0 radical (unpaired) electrons. The first-order valence-electron chi connectivity index (χ1n) is 16.7. The van der Waals surface area contributed by atoms with Gasteiger partial charge in [-0.25, -0.2) is 0 Å². The van der Waals surface area contributed by atoms with E-state index in [0.29, 0.717) is 12.8 Å². The summed E-state index contributed by atoms with van der Waals surface area (Å²) in [5.74, 6) is -0.962. The molecule has 2 amide bonds. The van der Waals surface area contributed by atoms with E-state index < -0.39 is 28.9 Å². The Balaban J connectivity index is 1.76. The van der Waals surface area contributed by atoms with Crippen molar-refractivity contribution in [3.05, 3.63) is 89.5 Å². The van der Waals surface area contributed by atoms with E-state index in [2.05, 4.69) is 41.8 Å². The first-order chi connectivity index (χ1) is 22.6. The summed E-state index contributed by atoms with van der Waals surface area (Å²) in [5, 5.41) is 6.08. The van der Waals surface area contributed by atoms with Crippen LogP contribution < -0.4 is 15.4 Å². The number of aryl methyl sites for hydroxylation is 2. The number of carbonyl (C=O) groups excluding carboxylic acids is 3. The second-order valence-corrected chi connectivity index (χ2v) is 14.5. The molecular formula is C40H54N2O6. The van der Waals surface area contributed by atoms with Gasteiger partial charge in [0.2, 0.25) is 11.8 Å². The fraction of sp³-hybridized carbons (Fsp3) is 0.475. The molecule has 3 rings (SSSR count). The lowest BCUT2D eigenvalue weighted by Gasteiger charge is -2.33. The summed E-state index contributed by atoms with van der Waals surface area (Å²) < 4.78 is 16.4. The van der Waals surface area contributed by atoms with Crippen LogP contribution >= 0.6 is 0 Å². The fourth-order valence-electron chi connectivity index (χ4n) is 5.72. The minimum Gasteiger partial charge on any atom is -0.497 e. The standard InChI is InChI=1S/C40H54N2O6/c1-27-23-28(21-22-33(27)30-18-14-20-32(24-30)47-9)15-13-19-31(25-35(43)48-40(5,6)7)37(44)42-36(39(2,3)4)38(45)41-34(26-46-8)29-16-11-10-12-17-29/h10-12,14,16-18,20-24,31,34,36H,13,15,19,25-26H2,1-9H3,(H,41,45)(H,42,44). The number of methoxy groups -OCH3 is 2. The van der Waals surface area contributed by atoms with Gasteiger partial charge in [0.1, 0.15) is 17.4 Å². The lowest BCUT2D eigenvalue weighted by molar-refractivity contribution is -0.157. The molecule has 0 bridgehead atoms. The third-order valence-electron chi connectivity index (χ3n) is 8.16. The average molecular weight is 659 g/mol. The molecule has 8 nitrogen and oxygen atoms in total. The highest BCUT2D eigenvalue weighted by atomic mass is 16.6. The number of benzene rings is 3. The van der Waals surface area contributed by atoms with Crippen molar-refractivity contribution in [1.82, 2.24) is 10.6 Å². The highest BCUT2D eigenvalue weighted by Gasteiger charge is 2.36. The Bertz CT molecular complexity index is 1510. The van der Waals surface area contributed by atoms with Crippen LogP contribution in [0, 0.1) is 18.3 Å². The highest BCUT2D eigenvalue weighted by Crippen LogP contribution is 2.29. The number of hydrogen-bond donors (Lipinski definition) is 2. The summed E-state index contributed by atoms with van der Waals surface area (Å²) in [6.07, 6.45) is 1.79. The molecule has 3 unspecified atom stereocenters. The zero-order chi connectivity index (χ0) is 35.5. The maximum Gasteiger partial charge on any atom is 0.307 e.